The molecule has 3 aliphatic rings. The molecule has 230 valence electrons. The second-order valence-corrected chi connectivity index (χ2v) is 19.3. The van der Waals surface area contributed by atoms with Gasteiger partial charge in [-0.25, -0.2) is 0 Å². The third-order valence-electron chi connectivity index (χ3n) is 10.0. The van der Waals surface area contributed by atoms with Crippen molar-refractivity contribution < 1.29 is 27.4 Å². The number of aliphatic hydroxyl groups is 1. The van der Waals surface area contributed by atoms with Crippen molar-refractivity contribution in [3.05, 3.63) is 64.2 Å². The number of pyridine rings is 2. The first kappa shape index (κ1) is 31.4. The summed E-state index contributed by atoms with van der Waals surface area (Å²) in [6, 6.07) is 4.58. The quantitative estimate of drug-likeness (QED) is 0.336. The zero-order chi connectivity index (χ0) is 30.7. The first-order valence-electron chi connectivity index (χ1n) is 15.2. The van der Waals surface area contributed by atoms with Gasteiger partial charge in [0.05, 0.1) is 36.7 Å². The maximum atomic E-state index is 13.0. The van der Waals surface area contributed by atoms with Crippen molar-refractivity contribution in [2.75, 3.05) is 13.2 Å². The molecule has 2 aromatic heterocycles. The Morgan fingerprint density at radius 3 is 2.36 bits per heavy atom. The molecule has 2 aliphatic carbocycles. The van der Waals surface area contributed by atoms with Crippen molar-refractivity contribution in [3.63, 3.8) is 0 Å². The maximum Gasteiger partial charge on any atom is 0.417 e. The molecule has 0 bridgehead atoms. The number of hydrogen-bond acceptors (Lipinski definition) is 5. The predicted octanol–water partition coefficient (Wildman–Crippen LogP) is 8.56. The Morgan fingerprint density at radius 1 is 1.10 bits per heavy atom. The molecule has 0 amide bonds. The van der Waals surface area contributed by atoms with Gasteiger partial charge in [0.15, 0.2) is 8.32 Å². The normalized spacial score (nSPS) is 25.7. The van der Waals surface area contributed by atoms with E-state index in [1.807, 2.05) is 0 Å². The summed E-state index contributed by atoms with van der Waals surface area (Å²) >= 11 is 0. The SMILES string of the molecule is CC(C)c1cc(C2=CCOCC2)c2c(n1)CC1(CC([C@H](O)c3ccc(C(F)(F)F)cn3)C1)C[C@@H]2O[Si](C)(C)C(C)(C)C. The maximum absolute atomic E-state index is 13.0. The lowest BCUT2D eigenvalue weighted by Crippen LogP contribution is -2.49. The Labute approximate surface area is 249 Å². The Bertz CT molecular complexity index is 1330. The molecule has 1 aliphatic heterocycles. The number of aromatic nitrogens is 2. The van der Waals surface area contributed by atoms with Crippen LogP contribution >= 0.6 is 0 Å². The standard InChI is InChI=1S/C33H45F3N2O3Si/c1-20(2)26-14-24(21-10-12-40-13-11-21)29-27(38-26)17-32(18-28(29)41-42(6,7)31(3,4)5)15-22(16-32)30(39)25-9-8-23(19-37-25)33(34,35)36/h8-10,14,19-20,22,28,30,39H,11-13,15-18H2,1-7H3/t22?,28-,30-,32?/m0/s1. The van der Waals surface area contributed by atoms with Crippen LogP contribution in [0.2, 0.25) is 18.1 Å². The van der Waals surface area contributed by atoms with Crippen molar-refractivity contribution >= 4 is 13.9 Å². The van der Waals surface area contributed by atoms with Crippen LogP contribution in [-0.4, -0.2) is 36.6 Å². The average molecular weight is 603 g/mol. The largest absolute Gasteiger partial charge is 0.417 e. The Hall–Kier alpha value is -2.07. The summed E-state index contributed by atoms with van der Waals surface area (Å²) in [5.41, 5.74) is 5.34. The Morgan fingerprint density at radius 2 is 1.81 bits per heavy atom. The van der Waals surface area contributed by atoms with Crippen LogP contribution in [0.1, 0.15) is 112 Å². The number of fused-ring (bicyclic) bond motifs is 1. The summed E-state index contributed by atoms with van der Waals surface area (Å²) in [5.74, 6) is 0.198. The highest BCUT2D eigenvalue weighted by molar-refractivity contribution is 6.74. The zero-order valence-corrected chi connectivity index (χ0v) is 26.9. The molecule has 1 fully saturated rings. The van der Waals surface area contributed by atoms with Crippen LogP contribution in [0.5, 0.6) is 0 Å². The molecular formula is C33H45F3N2O3Si. The first-order chi connectivity index (χ1) is 19.5. The van der Waals surface area contributed by atoms with Crippen LogP contribution in [0.4, 0.5) is 13.2 Å². The molecule has 0 saturated heterocycles. The summed E-state index contributed by atoms with van der Waals surface area (Å²) in [5, 5.41) is 11.2. The van der Waals surface area contributed by atoms with Gasteiger partial charge in [-0.1, -0.05) is 40.7 Å². The number of ether oxygens (including phenoxy) is 1. The molecule has 2 aromatic rings. The van der Waals surface area contributed by atoms with Crippen molar-refractivity contribution in [1.82, 2.24) is 9.97 Å². The molecule has 0 unspecified atom stereocenters. The van der Waals surface area contributed by atoms with Crippen molar-refractivity contribution in [2.24, 2.45) is 11.3 Å². The topological polar surface area (TPSA) is 64.5 Å². The number of rotatable bonds is 6. The summed E-state index contributed by atoms with van der Waals surface area (Å²) in [4.78, 5) is 9.23. The van der Waals surface area contributed by atoms with Crippen molar-refractivity contribution in [1.29, 1.82) is 0 Å². The van der Waals surface area contributed by atoms with Gasteiger partial charge in [-0.3, -0.25) is 9.97 Å². The highest BCUT2D eigenvalue weighted by Crippen LogP contribution is 2.61. The van der Waals surface area contributed by atoms with Crippen molar-refractivity contribution in [2.45, 2.75) is 109 Å². The lowest BCUT2D eigenvalue weighted by Gasteiger charge is -2.55. The number of halogens is 3. The van der Waals surface area contributed by atoms with E-state index in [1.54, 1.807) is 0 Å². The molecular weight excluding hydrogens is 557 g/mol. The average Bonchev–Trinajstić information content (AvgIpc) is 2.89. The minimum Gasteiger partial charge on any atom is -0.410 e. The van der Waals surface area contributed by atoms with E-state index >= 15 is 0 Å². The fourth-order valence-electron chi connectivity index (χ4n) is 6.59. The van der Waals surface area contributed by atoms with Gasteiger partial charge >= 0.3 is 6.18 Å². The van der Waals surface area contributed by atoms with Crippen LogP contribution in [-0.2, 0) is 21.8 Å². The molecule has 42 heavy (non-hydrogen) atoms. The van der Waals surface area contributed by atoms with Crippen LogP contribution < -0.4 is 0 Å². The van der Waals surface area contributed by atoms with E-state index in [0.29, 0.717) is 18.9 Å². The molecule has 9 heteroatoms. The molecule has 0 aromatic carbocycles. The van der Waals surface area contributed by atoms with Crippen LogP contribution in [0, 0.1) is 11.3 Å². The Kier molecular flexibility index (Phi) is 8.31. The van der Waals surface area contributed by atoms with E-state index in [0.717, 1.165) is 55.8 Å². The van der Waals surface area contributed by atoms with Crippen LogP contribution in [0.25, 0.3) is 5.57 Å². The third-order valence-corrected chi connectivity index (χ3v) is 14.5. The molecule has 5 rings (SSSR count). The van der Waals surface area contributed by atoms with Gasteiger partial charge in [0.1, 0.15) is 0 Å². The van der Waals surface area contributed by atoms with Crippen LogP contribution in [0.3, 0.4) is 0 Å². The Balaban J connectivity index is 1.49. The van der Waals surface area contributed by atoms with E-state index in [1.165, 1.54) is 22.8 Å². The van der Waals surface area contributed by atoms with Gasteiger partial charge in [0.2, 0.25) is 0 Å². The number of nitrogens with zero attached hydrogens (tertiary/aromatic N) is 2. The number of aliphatic hydroxyl groups excluding tert-OH is 1. The van der Waals surface area contributed by atoms with Gasteiger partial charge in [-0.15, -0.1) is 0 Å². The van der Waals surface area contributed by atoms with Gasteiger partial charge in [0.25, 0.3) is 0 Å². The van der Waals surface area contributed by atoms with E-state index < -0.39 is 26.2 Å². The molecule has 1 N–H and O–H groups in total. The van der Waals surface area contributed by atoms with E-state index in [4.69, 9.17) is 14.1 Å². The van der Waals surface area contributed by atoms with Gasteiger partial charge in [0, 0.05) is 23.1 Å². The highest BCUT2D eigenvalue weighted by atomic mass is 28.4. The van der Waals surface area contributed by atoms with E-state index in [-0.39, 0.29) is 28.4 Å². The molecule has 1 saturated carbocycles. The highest BCUT2D eigenvalue weighted by Gasteiger charge is 2.53. The van der Waals surface area contributed by atoms with Gasteiger partial charge < -0.3 is 14.3 Å². The van der Waals surface area contributed by atoms with Gasteiger partial charge in [-0.05, 0) is 96.8 Å². The van der Waals surface area contributed by atoms with Crippen molar-refractivity contribution in [3.8, 4) is 0 Å². The summed E-state index contributed by atoms with van der Waals surface area (Å²) in [7, 11) is -2.16. The molecule has 5 nitrogen and oxygen atoms in total. The molecule has 0 radical (unpaired) electrons. The smallest absolute Gasteiger partial charge is 0.410 e. The van der Waals surface area contributed by atoms with Crippen LogP contribution in [0.15, 0.2) is 30.5 Å². The summed E-state index contributed by atoms with van der Waals surface area (Å²) in [6.07, 6.45) is 1.58. The van der Waals surface area contributed by atoms with Gasteiger partial charge in [-0.2, -0.15) is 13.2 Å². The lowest BCUT2D eigenvalue weighted by molar-refractivity contribution is -0.137. The number of alkyl halides is 3. The van der Waals surface area contributed by atoms with E-state index in [2.05, 4.69) is 64.8 Å². The lowest BCUT2D eigenvalue weighted by atomic mass is 9.53. The monoisotopic (exact) mass is 602 g/mol. The molecule has 3 heterocycles. The fraction of sp³-hybridized carbons (Fsp3) is 0.636. The fourth-order valence-corrected chi connectivity index (χ4v) is 7.85. The minimum absolute atomic E-state index is 0.0355. The van der Waals surface area contributed by atoms with E-state index in [9.17, 15) is 18.3 Å². The second-order valence-electron chi connectivity index (χ2n) is 14.5. The first-order valence-corrected chi connectivity index (χ1v) is 18.1. The predicted molar refractivity (Wildman–Crippen MR) is 160 cm³/mol. The molecule has 1 spiro atoms. The minimum atomic E-state index is -4.45. The number of hydrogen-bond donors (Lipinski definition) is 1. The molecule has 2 atom stereocenters. The summed E-state index contributed by atoms with van der Waals surface area (Å²) < 4.78 is 52.0. The third kappa shape index (κ3) is 6.12. The second kappa shape index (κ2) is 11.1. The zero-order valence-electron chi connectivity index (χ0n) is 25.9. The summed E-state index contributed by atoms with van der Waals surface area (Å²) in [6.45, 7) is 17.0.